The minimum absolute atomic E-state index is 0.154. The molecule has 0 fully saturated rings. The molecule has 0 saturated carbocycles. The molecule has 1 N–H and O–H groups in total. The first kappa shape index (κ1) is 12.2. The summed E-state index contributed by atoms with van der Waals surface area (Å²) in [6, 6.07) is 7.64. The van der Waals surface area contributed by atoms with Crippen molar-refractivity contribution in [3.8, 4) is 17.0 Å². The first-order valence-corrected chi connectivity index (χ1v) is 5.27. The van der Waals surface area contributed by atoms with Crippen LogP contribution in [0.25, 0.3) is 11.3 Å². The third-order valence-corrected chi connectivity index (χ3v) is 2.79. The van der Waals surface area contributed by atoms with Crippen molar-refractivity contribution in [1.82, 2.24) is 4.57 Å². The number of nitrogens with zero attached hydrogens (tertiary/aromatic N) is 1. The Kier molecular flexibility index (Phi) is 3.06. The van der Waals surface area contributed by atoms with Gasteiger partial charge in [-0.2, -0.15) is 0 Å². The summed E-state index contributed by atoms with van der Waals surface area (Å²) in [6.45, 7) is 0. The second-order valence-corrected chi connectivity index (χ2v) is 3.82. The summed E-state index contributed by atoms with van der Waals surface area (Å²) in [7, 11) is 3.02. The molecule has 5 heteroatoms. The zero-order valence-electron chi connectivity index (χ0n) is 9.98. The molecule has 1 aromatic carbocycles. The van der Waals surface area contributed by atoms with Crippen LogP contribution >= 0.6 is 0 Å². The number of hydrogen-bond donors (Lipinski definition) is 1. The number of aromatic nitrogens is 1. The Bertz CT molecular complexity index is 604. The summed E-state index contributed by atoms with van der Waals surface area (Å²) in [5, 5.41) is 8.95. The third kappa shape index (κ3) is 1.95. The van der Waals surface area contributed by atoms with E-state index < -0.39 is 11.8 Å². The molecule has 0 aliphatic heterocycles. The van der Waals surface area contributed by atoms with Crippen LogP contribution in [0.5, 0.6) is 5.75 Å². The number of halogens is 1. The van der Waals surface area contributed by atoms with E-state index in [0.717, 1.165) is 0 Å². The number of rotatable bonds is 3. The molecule has 1 aromatic heterocycles. The van der Waals surface area contributed by atoms with Crippen molar-refractivity contribution >= 4 is 5.97 Å². The minimum Gasteiger partial charge on any atom is -0.494 e. The largest absolute Gasteiger partial charge is 0.494 e. The quantitative estimate of drug-likeness (QED) is 0.909. The lowest BCUT2D eigenvalue weighted by atomic mass is 10.1. The summed E-state index contributed by atoms with van der Waals surface area (Å²) in [4.78, 5) is 10.9. The van der Waals surface area contributed by atoms with E-state index >= 15 is 0 Å². The van der Waals surface area contributed by atoms with E-state index in [9.17, 15) is 9.18 Å². The Morgan fingerprint density at radius 3 is 2.56 bits per heavy atom. The van der Waals surface area contributed by atoms with Crippen molar-refractivity contribution in [3.05, 3.63) is 41.8 Å². The Balaban J connectivity index is 2.49. The van der Waals surface area contributed by atoms with Gasteiger partial charge < -0.3 is 14.4 Å². The summed E-state index contributed by atoms with van der Waals surface area (Å²) in [5.41, 5.74) is 1.39. The van der Waals surface area contributed by atoms with Gasteiger partial charge in [0, 0.05) is 18.3 Å². The Morgan fingerprint density at radius 1 is 1.33 bits per heavy atom. The van der Waals surface area contributed by atoms with Crippen LogP contribution in [-0.2, 0) is 7.05 Å². The molecule has 18 heavy (non-hydrogen) atoms. The van der Waals surface area contributed by atoms with Gasteiger partial charge in [-0.3, -0.25) is 0 Å². The summed E-state index contributed by atoms with van der Waals surface area (Å²) >= 11 is 0. The second-order valence-electron chi connectivity index (χ2n) is 3.82. The van der Waals surface area contributed by atoms with Crippen LogP contribution in [0, 0.1) is 5.82 Å². The number of ether oxygens (including phenoxy) is 1. The van der Waals surface area contributed by atoms with Crippen LogP contribution < -0.4 is 4.74 Å². The van der Waals surface area contributed by atoms with Crippen LogP contribution in [0.4, 0.5) is 4.39 Å². The first-order valence-electron chi connectivity index (χ1n) is 5.27. The van der Waals surface area contributed by atoms with Crippen LogP contribution in [0.2, 0.25) is 0 Å². The van der Waals surface area contributed by atoms with Gasteiger partial charge in [-0.15, -0.1) is 0 Å². The normalized spacial score (nSPS) is 10.4. The molecule has 2 rings (SSSR count). The predicted molar refractivity (Wildman–Crippen MR) is 64.3 cm³/mol. The molecule has 0 bridgehead atoms. The fourth-order valence-corrected chi connectivity index (χ4v) is 1.84. The van der Waals surface area contributed by atoms with E-state index in [0.29, 0.717) is 11.3 Å². The van der Waals surface area contributed by atoms with Gasteiger partial charge in [0.15, 0.2) is 11.6 Å². The van der Waals surface area contributed by atoms with E-state index in [-0.39, 0.29) is 11.4 Å². The van der Waals surface area contributed by atoms with Crippen LogP contribution in [0.15, 0.2) is 30.3 Å². The topological polar surface area (TPSA) is 51.5 Å². The predicted octanol–water partition coefficient (Wildman–Crippen LogP) is 2.54. The maximum Gasteiger partial charge on any atom is 0.352 e. The minimum atomic E-state index is -1.02. The molecule has 0 unspecified atom stereocenters. The van der Waals surface area contributed by atoms with Crippen LogP contribution in [0.3, 0.4) is 0 Å². The summed E-state index contributed by atoms with van der Waals surface area (Å²) < 4.78 is 19.9. The Morgan fingerprint density at radius 2 is 2.06 bits per heavy atom. The number of carboxylic acid groups (broad SMARTS) is 1. The fraction of sp³-hybridized carbons (Fsp3) is 0.154. The highest BCUT2D eigenvalue weighted by Gasteiger charge is 2.13. The average molecular weight is 249 g/mol. The standard InChI is InChI=1S/C13H12FNO3/c1-15-10(4-5-11(15)13(16)17)8-3-6-12(18-2)9(14)7-8/h3-7H,1-2H3,(H,16,17). The number of benzene rings is 1. The van der Waals surface area contributed by atoms with E-state index in [1.165, 1.54) is 29.9 Å². The maximum absolute atomic E-state index is 13.6. The van der Waals surface area contributed by atoms with Gasteiger partial charge in [0.05, 0.1) is 7.11 Å². The monoisotopic (exact) mass is 249 g/mol. The van der Waals surface area contributed by atoms with Crippen molar-refractivity contribution in [1.29, 1.82) is 0 Å². The maximum atomic E-state index is 13.6. The molecule has 0 saturated heterocycles. The van der Waals surface area contributed by atoms with Crippen LogP contribution in [0.1, 0.15) is 10.5 Å². The summed E-state index contributed by atoms with van der Waals surface area (Å²) in [5.74, 6) is -1.34. The number of carboxylic acids is 1. The highest BCUT2D eigenvalue weighted by Crippen LogP contribution is 2.26. The number of hydrogen-bond acceptors (Lipinski definition) is 2. The van der Waals surface area contributed by atoms with Crippen molar-refractivity contribution < 1.29 is 19.0 Å². The fourth-order valence-electron chi connectivity index (χ4n) is 1.84. The molecule has 0 atom stereocenters. The van der Waals surface area contributed by atoms with Gasteiger partial charge >= 0.3 is 5.97 Å². The van der Waals surface area contributed by atoms with Gasteiger partial charge in [0.2, 0.25) is 0 Å². The van der Waals surface area contributed by atoms with Gasteiger partial charge in [0.1, 0.15) is 5.69 Å². The third-order valence-electron chi connectivity index (χ3n) is 2.79. The number of aromatic carboxylic acids is 1. The van der Waals surface area contributed by atoms with E-state index in [4.69, 9.17) is 9.84 Å². The van der Waals surface area contributed by atoms with Crippen molar-refractivity contribution in [2.75, 3.05) is 7.11 Å². The molecule has 0 spiro atoms. The highest BCUT2D eigenvalue weighted by atomic mass is 19.1. The number of methoxy groups -OCH3 is 1. The van der Waals surface area contributed by atoms with Gasteiger partial charge in [-0.05, 0) is 30.3 Å². The van der Waals surface area contributed by atoms with Crippen molar-refractivity contribution in [2.45, 2.75) is 0 Å². The molecule has 94 valence electrons. The number of carbonyl (C=O) groups is 1. The molecule has 4 nitrogen and oxygen atoms in total. The van der Waals surface area contributed by atoms with Crippen molar-refractivity contribution in [2.24, 2.45) is 7.05 Å². The van der Waals surface area contributed by atoms with Gasteiger partial charge in [0.25, 0.3) is 0 Å². The second kappa shape index (κ2) is 4.52. The lowest BCUT2D eigenvalue weighted by Crippen LogP contribution is -2.05. The SMILES string of the molecule is COc1ccc(-c2ccc(C(=O)O)n2C)cc1F. The van der Waals surface area contributed by atoms with Crippen molar-refractivity contribution in [3.63, 3.8) is 0 Å². The molecule has 0 aliphatic carbocycles. The molecule has 2 aromatic rings. The van der Waals surface area contributed by atoms with Gasteiger partial charge in [-0.1, -0.05) is 0 Å². The molecule has 0 amide bonds. The highest BCUT2D eigenvalue weighted by molar-refractivity contribution is 5.87. The van der Waals surface area contributed by atoms with E-state index in [1.807, 2.05) is 0 Å². The lowest BCUT2D eigenvalue weighted by molar-refractivity contribution is 0.0687. The molecule has 0 radical (unpaired) electrons. The zero-order valence-corrected chi connectivity index (χ0v) is 9.98. The molecule has 0 aliphatic rings. The smallest absolute Gasteiger partial charge is 0.352 e. The zero-order chi connectivity index (χ0) is 13.3. The van der Waals surface area contributed by atoms with E-state index in [2.05, 4.69) is 0 Å². The molecular formula is C13H12FNO3. The van der Waals surface area contributed by atoms with E-state index in [1.54, 1.807) is 19.2 Å². The average Bonchev–Trinajstić information content (AvgIpc) is 2.71. The first-order chi connectivity index (χ1) is 8.54. The Hall–Kier alpha value is -2.30. The van der Waals surface area contributed by atoms with Gasteiger partial charge in [-0.25, -0.2) is 9.18 Å². The Labute approximate surface area is 103 Å². The molecule has 1 heterocycles. The van der Waals surface area contributed by atoms with Crippen LogP contribution in [-0.4, -0.2) is 22.8 Å². The summed E-state index contributed by atoms with van der Waals surface area (Å²) in [6.07, 6.45) is 0. The molecular weight excluding hydrogens is 237 g/mol. The lowest BCUT2D eigenvalue weighted by Gasteiger charge is -2.07.